The predicted octanol–water partition coefficient (Wildman–Crippen LogP) is 2.82. The van der Waals surface area contributed by atoms with Crippen LogP contribution in [0.4, 0.5) is 0 Å². The van der Waals surface area contributed by atoms with Gasteiger partial charge in [-0.3, -0.25) is 9.36 Å². The summed E-state index contributed by atoms with van der Waals surface area (Å²) >= 11 is 1.25. The highest BCUT2D eigenvalue weighted by Gasteiger charge is 2.35. The Balaban J connectivity index is 2.01. The Labute approximate surface area is 206 Å². The summed E-state index contributed by atoms with van der Waals surface area (Å²) in [5.74, 6) is 1.07. The number of methoxy groups -OCH3 is 3. The minimum atomic E-state index is -0.803. The van der Waals surface area contributed by atoms with E-state index in [1.807, 2.05) is 30.3 Å². The van der Waals surface area contributed by atoms with Gasteiger partial charge < -0.3 is 18.9 Å². The molecule has 0 amide bonds. The summed E-state index contributed by atoms with van der Waals surface area (Å²) in [5, 5.41) is 0. The van der Waals surface area contributed by atoms with E-state index in [0.717, 1.165) is 5.56 Å². The van der Waals surface area contributed by atoms with Crippen molar-refractivity contribution in [3.63, 3.8) is 0 Å². The first-order valence-electron chi connectivity index (χ1n) is 11.0. The van der Waals surface area contributed by atoms with Gasteiger partial charge in [0.15, 0.2) is 16.3 Å². The smallest absolute Gasteiger partial charge is 0.338 e. The molecule has 0 fully saturated rings. The van der Waals surface area contributed by atoms with Gasteiger partial charge in [0.05, 0.1) is 43.7 Å². The van der Waals surface area contributed by atoms with E-state index < -0.39 is 12.0 Å². The van der Waals surface area contributed by atoms with Gasteiger partial charge in [-0.15, -0.1) is 0 Å². The molecule has 0 saturated heterocycles. The molecule has 0 saturated carbocycles. The number of allylic oxidation sites excluding steroid dienone is 1. The third kappa shape index (κ3) is 4.46. The largest absolute Gasteiger partial charge is 0.497 e. The standard InChI is InChI=1S/C26H26N2O6S/c1-6-34-25(30)21-15(2)27-26-28(22(21)18-11-8-12-19(32-4)23(18)33-5)24(29)20(35-26)14-16-9-7-10-17(13-16)31-3/h7-14,22H,6H2,1-5H3. The van der Waals surface area contributed by atoms with Crippen molar-refractivity contribution >= 4 is 23.4 Å². The molecule has 0 aliphatic carbocycles. The summed E-state index contributed by atoms with van der Waals surface area (Å²) in [6.45, 7) is 3.67. The molecule has 1 atom stereocenters. The maximum atomic E-state index is 13.7. The number of fused-ring (bicyclic) bond motifs is 1. The average molecular weight is 495 g/mol. The molecule has 0 bridgehead atoms. The zero-order valence-electron chi connectivity index (χ0n) is 20.2. The zero-order chi connectivity index (χ0) is 25.1. The minimum absolute atomic E-state index is 0.192. The van der Waals surface area contributed by atoms with E-state index in [9.17, 15) is 9.59 Å². The van der Waals surface area contributed by atoms with Crippen LogP contribution in [0.15, 0.2) is 63.5 Å². The van der Waals surface area contributed by atoms with E-state index in [1.165, 1.54) is 30.1 Å². The molecule has 1 aliphatic heterocycles. The molecule has 2 heterocycles. The normalized spacial score (nSPS) is 15.3. The maximum absolute atomic E-state index is 13.7. The molecular weight excluding hydrogens is 468 g/mol. The van der Waals surface area contributed by atoms with Gasteiger partial charge in [-0.25, -0.2) is 9.79 Å². The van der Waals surface area contributed by atoms with E-state index in [0.29, 0.717) is 37.8 Å². The molecular formula is C26H26N2O6S. The Morgan fingerprint density at radius 2 is 1.89 bits per heavy atom. The predicted molar refractivity (Wildman–Crippen MR) is 133 cm³/mol. The number of esters is 1. The van der Waals surface area contributed by atoms with Crippen molar-refractivity contribution in [3.8, 4) is 17.2 Å². The summed E-state index contributed by atoms with van der Waals surface area (Å²) in [4.78, 5) is 31.9. The lowest BCUT2D eigenvalue weighted by molar-refractivity contribution is -0.139. The molecule has 1 aliphatic rings. The molecule has 8 nitrogen and oxygen atoms in total. The number of hydrogen-bond acceptors (Lipinski definition) is 8. The number of ether oxygens (including phenoxy) is 4. The first-order chi connectivity index (χ1) is 16.9. The second-order valence-corrected chi connectivity index (χ2v) is 8.67. The Bertz CT molecular complexity index is 1480. The number of carbonyl (C=O) groups is 1. The van der Waals surface area contributed by atoms with Crippen molar-refractivity contribution in [2.45, 2.75) is 19.9 Å². The second kappa shape index (κ2) is 10.2. The van der Waals surface area contributed by atoms with Crippen molar-refractivity contribution in [1.29, 1.82) is 0 Å². The van der Waals surface area contributed by atoms with Crippen molar-refractivity contribution in [2.75, 3.05) is 27.9 Å². The fourth-order valence-electron chi connectivity index (χ4n) is 4.10. The Kier molecular flexibility index (Phi) is 7.07. The van der Waals surface area contributed by atoms with Crippen LogP contribution in [0.25, 0.3) is 6.08 Å². The number of para-hydroxylation sites is 1. The molecule has 35 heavy (non-hydrogen) atoms. The molecule has 182 valence electrons. The van der Waals surface area contributed by atoms with Crippen molar-refractivity contribution < 1.29 is 23.7 Å². The van der Waals surface area contributed by atoms with Gasteiger partial charge in [0, 0.05) is 5.56 Å². The number of hydrogen-bond donors (Lipinski definition) is 0. The topological polar surface area (TPSA) is 88.4 Å². The van der Waals surface area contributed by atoms with Crippen molar-refractivity contribution in [1.82, 2.24) is 4.57 Å². The van der Waals surface area contributed by atoms with E-state index in [-0.39, 0.29) is 17.7 Å². The highest BCUT2D eigenvalue weighted by Crippen LogP contribution is 2.40. The summed E-state index contributed by atoms with van der Waals surface area (Å²) in [7, 11) is 4.65. The van der Waals surface area contributed by atoms with Gasteiger partial charge in [0.2, 0.25) is 0 Å². The van der Waals surface area contributed by atoms with Crippen LogP contribution in [-0.2, 0) is 9.53 Å². The van der Waals surface area contributed by atoms with Gasteiger partial charge in [-0.05, 0) is 43.7 Å². The summed E-state index contributed by atoms with van der Waals surface area (Å²) in [5.41, 5.74) is 1.89. The van der Waals surface area contributed by atoms with E-state index in [1.54, 1.807) is 39.2 Å². The van der Waals surface area contributed by atoms with Gasteiger partial charge in [-0.1, -0.05) is 35.6 Å². The lowest BCUT2D eigenvalue weighted by Gasteiger charge is -2.26. The van der Waals surface area contributed by atoms with Crippen LogP contribution in [0.3, 0.4) is 0 Å². The Morgan fingerprint density at radius 1 is 1.11 bits per heavy atom. The van der Waals surface area contributed by atoms with Crippen LogP contribution in [0.5, 0.6) is 17.2 Å². The van der Waals surface area contributed by atoms with Gasteiger partial charge in [0.25, 0.3) is 5.56 Å². The first kappa shape index (κ1) is 24.3. The highest BCUT2D eigenvalue weighted by molar-refractivity contribution is 7.07. The molecule has 9 heteroatoms. The lowest BCUT2D eigenvalue weighted by Crippen LogP contribution is -2.40. The van der Waals surface area contributed by atoms with E-state index in [4.69, 9.17) is 18.9 Å². The molecule has 1 aromatic heterocycles. The maximum Gasteiger partial charge on any atom is 0.338 e. The van der Waals surface area contributed by atoms with Crippen LogP contribution >= 0.6 is 11.3 Å². The monoisotopic (exact) mass is 494 g/mol. The molecule has 2 aromatic carbocycles. The van der Waals surface area contributed by atoms with Crippen LogP contribution in [0.2, 0.25) is 0 Å². The van der Waals surface area contributed by atoms with Crippen LogP contribution in [-0.4, -0.2) is 38.5 Å². The van der Waals surface area contributed by atoms with Crippen molar-refractivity contribution in [3.05, 3.63) is 84.5 Å². The quantitative estimate of drug-likeness (QED) is 0.470. The van der Waals surface area contributed by atoms with Gasteiger partial charge in [-0.2, -0.15) is 0 Å². The van der Waals surface area contributed by atoms with Gasteiger partial charge in [0.1, 0.15) is 11.8 Å². The molecule has 1 unspecified atom stereocenters. The Morgan fingerprint density at radius 3 is 2.57 bits per heavy atom. The van der Waals surface area contributed by atoms with Crippen LogP contribution < -0.4 is 29.1 Å². The molecule has 0 N–H and O–H groups in total. The first-order valence-corrected chi connectivity index (χ1v) is 11.8. The Hall–Kier alpha value is -3.85. The minimum Gasteiger partial charge on any atom is -0.497 e. The molecule has 4 rings (SSSR count). The lowest BCUT2D eigenvalue weighted by atomic mass is 9.94. The van der Waals surface area contributed by atoms with E-state index >= 15 is 0 Å². The van der Waals surface area contributed by atoms with Crippen LogP contribution in [0.1, 0.15) is 31.0 Å². The number of carbonyl (C=O) groups excluding carboxylic acids is 1. The van der Waals surface area contributed by atoms with E-state index in [2.05, 4.69) is 4.99 Å². The fraction of sp³-hybridized carbons (Fsp3) is 0.269. The molecule has 0 radical (unpaired) electrons. The highest BCUT2D eigenvalue weighted by atomic mass is 32.1. The molecule has 0 spiro atoms. The van der Waals surface area contributed by atoms with Gasteiger partial charge >= 0.3 is 5.97 Å². The number of aromatic nitrogens is 1. The van der Waals surface area contributed by atoms with Crippen LogP contribution in [0, 0.1) is 0 Å². The number of rotatable bonds is 7. The number of nitrogens with zero attached hydrogens (tertiary/aromatic N) is 2. The summed E-state index contributed by atoms with van der Waals surface area (Å²) < 4.78 is 23.8. The SMILES string of the molecule is CCOC(=O)C1=C(C)N=c2sc(=Cc3cccc(OC)c3)c(=O)n2C1c1cccc(OC)c1OC. The second-order valence-electron chi connectivity index (χ2n) is 7.66. The average Bonchev–Trinajstić information content (AvgIpc) is 3.16. The van der Waals surface area contributed by atoms with Crippen molar-refractivity contribution in [2.24, 2.45) is 4.99 Å². The fourth-order valence-corrected chi connectivity index (χ4v) is 5.14. The summed E-state index contributed by atoms with van der Waals surface area (Å²) in [6, 6.07) is 12.0. The summed E-state index contributed by atoms with van der Waals surface area (Å²) in [6.07, 6.45) is 1.79. The number of benzene rings is 2. The number of thiazole rings is 1. The third-order valence-corrected chi connectivity index (χ3v) is 6.62. The zero-order valence-corrected chi connectivity index (χ0v) is 21.0. The molecule has 3 aromatic rings. The third-order valence-electron chi connectivity index (χ3n) is 5.64.